The van der Waals surface area contributed by atoms with Gasteiger partial charge in [0.05, 0.1) is 11.4 Å². The van der Waals surface area contributed by atoms with E-state index in [1.54, 1.807) is 24.6 Å². The summed E-state index contributed by atoms with van der Waals surface area (Å²) < 4.78 is 0. The smallest absolute Gasteiger partial charge is 0.0885 e. The van der Waals surface area contributed by atoms with E-state index in [-0.39, 0.29) is 0 Å². The zero-order valence-electron chi connectivity index (χ0n) is 9.93. The maximum atomic E-state index is 4.29. The molecule has 0 rings (SSSR count). The highest BCUT2D eigenvalue weighted by Crippen LogP contribution is 2.03. The minimum atomic E-state index is 0.756. The van der Waals surface area contributed by atoms with E-state index in [0.29, 0.717) is 0 Å². The molecule has 0 bridgehead atoms. The van der Waals surface area contributed by atoms with Gasteiger partial charge in [-0.15, -0.1) is 0 Å². The van der Waals surface area contributed by atoms with Gasteiger partial charge in [0.2, 0.25) is 0 Å². The highest BCUT2D eigenvalue weighted by atomic mass is 14.8. The van der Waals surface area contributed by atoms with E-state index in [1.807, 2.05) is 38.2 Å². The maximum absolute atomic E-state index is 4.29. The van der Waals surface area contributed by atoms with Gasteiger partial charge in [-0.2, -0.15) is 0 Å². The van der Waals surface area contributed by atoms with Crippen LogP contribution < -0.4 is 0 Å². The van der Waals surface area contributed by atoms with Crippen LogP contribution in [-0.2, 0) is 0 Å². The molecule has 84 valence electrons. The van der Waals surface area contributed by atoms with Crippen molar-refractivity contribution in [1.29, 1.82) is 0 Å². The van der Waals surface area contributed by atoms with Crippen molar-refractivity contribution in [2.45, 2.75) is 13.8 Å². The Labute approximate surface area is 97.8 Å². The normalized spacial score (nSPS) is 14.1. The number of hydrogen-bond acceptors (Lipinski definition) is 2. The Balaban J connectivity index is 5.25. The van der Waals surface area contributed by atoms with Crippen molar-refractivity contribution in [2.24, 2.45) is 9.98 Å². The second kappa shape index (κ2) is 9.59. The number of rotatable bonds is 6. The van der Waals surface area contributed by atoms with Crippen molar-refractivity contribution in [3.8, 4) is 0 Å². The fourth-order valence-corrected chi connectivity index (χ4v) is 0.946. The second-order valence-corrected chi connectivity index (χ2v) is 2.80. The molecule has 2 heteroatoms. The average molecular weight is 214 g/mol. The zero-order chi connectivity index (χ0) is 12.2. The Morgan fingerprint density at radius 3 is 2.31 bits per heavy atom. The van der Waals surface area contributed by atoms with Gasteiger partial charge >= 0.3 is 0 Å². The fourth-order valence-electron chi connectivity index (χ4n) is 0.946. The van der Waals surface area contributed by atoms with E-state index in [0.717, 1.165) is 11.4 Å². The molecule has 0 spiro atoms. The summed E-state index contributed by atoms with van der Waals surface area (Å²) in [7, 11) is 0. The third-order valence-electron chi connectivity index (χ3n) is 1.54. The molecule has 0 aliphatic rings. The average Bonchev–Trinajstić information content (AvgIpc) is 2.30. The monoisotopic (exact) mass is 214 g/mol. The Kier molecular flexibility index (Phi) is 8.41. The Hall–Kier alpha value is -1.96. The molecule has 0 aromatic rings. The van der Waals surface area contributed by atoms with Crippen molar-refractivity contribution in [3.63, 3.8) is 0 Å². The van der Waals surface area contributed by atoms with Gasteiger partial charge in [0.15, 0.2) is 0 Å². The molecule has 0 aromatic heterocycles. The van der Waals surface area contributed by atoms with Crippen LogP contribution in [0.1, 0.15) is 13.8 Å². The van der Waals surface area contributed by atoms with E-state index in [4.69, 9.17) is 0 Å². The highest BCUT2D eigenvalue weighted by molar-refractivity contribution is 6.09. The minimum Gasteiger partial charge on any atom is -0.255 e. The Morgan fingerprint density at radius 1 is 1.06 bits per heavy atom. The van der Waals surface area contributed by atoms with Crippen molar-refractivity contribution in [2.75, 3.05) is 0 Å². The molecule has 0 aromatic carbocycles. The molecular formula is C14H18N2. The molecule has 0 unspecified atom stereocenters. The summed E-state index contributed by atoms with van der Waals surface area (Å²) in [5.74, 6) is 0. The molecule has 0 N–H and O–H groups in total. The molecule has 0 radical (unpaired) electrons. The molecule has 0 saturated heterocycles. The predicted octanol–water partition coefficient (Wildman–Crippen LogP) is 3.86. The molecule has 0 atom stereocenters. The van der Waals surface area contributed by atoms with Gasteiger partial charge in [0.25, 0.3) is 0 Å². The van der Waals surface area contributed by atoms with Crippen molar-refractivity contribution in [1.82, 2.24) is 0 Å². The van der Waals surface area contributed by atoms with Crippen LogP contribution in [0.5, 0.6) is 0 Å². The van der Waals surface area contributed by atoms with Gasteiger partial charge in [-0.1, -0.05) is 37.5 Å². The number of hydrogen-bond donors (Lipinski definition) is 0. The molecule has 2 nitrogen and oxygen atoms in total. The lowest BCUT2D eigenvalue weighted by Gasteiger charge is -1.99. The summed E-state index contributed by atoms with van der Waals surface area (Å²) in [6.07, 6.45) is 14.2. The third-order valence-corrected chi connectivity index (χ3v) is 1.54. The van der Waals surface area contributed by atoms with E-state index in [2.05, 4.69) is 23.1 Å². The number of aliphatic imine (C=N–C) groups is 2. The summed E-state index contributed by atoms with van der Waals surface area (Å²) in [6, 6.07) is 0. The van der Waals surface area contributed by atoms with E-state index >= 15 is 0 Å². The van der Waals surface area contributed by atoms with E-state index in [9.17, 15) is 0 Å². The summed E-state index contributed by atoms with van der Waals surface area (Å²) in [6.45, 7) is 11.1. The molecule has 0 saturated carbocycles. The lowest BCUT2D eigenvalue weighted by atomic mass is 10.2. The first-order valence-electron chi connectivity index (χ1n) is 5.10. The fraction of sp³-hybridized carbons (Fsp3) is 0.143. The highest BCUT2D eigenvalue weighted by Gasteiger charge is 1.98. The van der Waals surface area contributed by atoms with Crippen LogP contribution in [0, 0.1) is 0 Å². The quantitative estimate of drug-likeness (QED) is 0.474. The maximum Gasteiger partial charge on any atom is 0.0885 e. The largest absolute Gasteiger partial charge is 0.255 e. The summed E-state index contributed by atoms with van der Waals surface area (Å²) in [5, 5.41) is 0. The Morgan fingerprint density at radius 2 is 1.81 bits per heavy atom. The number of allylic oxidation sites excluding steroid dienone is 6. The minimum absolute atomic E-state index is 0.756. The second-order valence-electron chi connectivity index (χ2n) is 2.80. The summed E-state index contributed by atoms with van der Waals surface area (Å²) >= 11 is 0. The lowest BCUT2D eigenvalue weighted by Crippen LogP contribution is -1.96. The zero-order valence-corrected chi connectivity index (χ0v) is 9.93. The lowest BCUT2D eigenvalue weighted by molar-refractivity contribution is 1.42. The van der Waals surface area contributed by atoms with Crippen LogP contribution in [0.25, 0.3) is 0 Å². The van der Waals surface area contributed by atoms with Gasteiger partial charge in [0, 0.05) is 12.4 Å². The first-order chi connectivity index (χ1) is 7.79. The van der Waals surface area contributed by atoms with Crippen LogP contribution >= 0.6 is 0 Å². The predicted molar refractivity (Wildman–Crippen MR) is 74.0 cm³/mol. The molecular weight excluding hydrogens is 196 g/mol. The standard InChI is InChI=1S/C14H18N2/c1-5-9-13(15-11-7-3)14(10-6-2)16-12-8-4/h5-12H,1,3H2,2,4H3/b10-6-,12-8-,13-9-,15-11?,16-14+. The van der Waals surface area contributed by atoms with Crippen molar-refractivity contribution < 1.29 is 0 Å². The molecule has 16 heavy (non-hydrogen) atoms. The van der Waals surface area contributed by atoms with Gasteiger partial charge in [-0.25, -0.2) is 0 Å². The van der Waals surface area contributed by atoms with Crippen molar-refractivity contribution >= 4 is 11.9 Å². The van der Waals surface area contributed by atoms with Gasteiger partial charge < -0.3 is 0 Å². The molecule has 0 heterocycles. The van der Waals surface area contributed by atoms with Gasteiger partial charge in [0.1, 0.15) is 0 Å². The van der Waals surface area contributed by atoms with Crippen LogP contribution in [0.15, 0.2) is 71.5 Å². The molecule has 0 amide bonds. The first kappa shape index (κ1) is 14.0. The van der Waals surface area contributed by atoms with Crippen LogP contribution in [0.3, 0.4) is 0 Å². The first-order valence-corrected chi connectivity index (χ1v) is 5.10. The van der Waals surface area contributed by atoms with Crippen LogP contribution in [0.2, 0.25) is 0 Å². The van der Waals surface area contributed by atoms with Gasteiger partial charge in [-0.3, -0.25) is 9.98 Å². The number of nitrogens with zero attached hydrogens (tertiary/aromatic N) is 2. The summed E-state index contributed by atoms with van der Waals surface area (Å²) in [5.41, 5.74) is 1.55. The third kappa shape index (κ3) is 5.70. The SMILES string of the molecule is C=CC=N/C(=C\C=C)C(/C=C\C)=N/C=C\C. The molecule has 0 fully saturated rings. The summed E-state index contributed by atoms with van der Waals surface area (Å²) in [4.78, 5) is 8.52. The molecule has 0 aliphatic carbocycles. The van der Waals surface area contributed by atoms with Crippen LogP contribution in [-0.4, -0.2) is 11.9 Å². The van der Waals surface area contributed by atoms with Gasteiger partial charge in [-0.05, 0) is 26.0 Å². The van der Waals surface area contributed by atoms with Crippen molar-refractivity contribution in [3.05, 3.63) is 61.5 Å². The van der Waals surface area contributed by atoms with E-state index in [1.165, 1.54) is 0 Å². The van der Waals surface area contributed by atoms with Crippen LogP contribution in [0.4, 0.5) is 0 Å². The topological polar surface area (TPSA) is 24.7 Å². The van der Waals surface area contributed by atoms with E-state index < -0.39 is 0 Å². The molecule has 0 aliphatic heterocycles. The Bertz CT molecular complexity index is 366.